The summed E-state index contributed by atoms with van der Waals surface area (Å²) in [5.74, 6) is -2.65. The molecule has 14 heteroatoms. The summed E-state index contributed by atoms with van der Waals surface area (Å²) in [5, 5.41) is 0. The minimum absolute atomic E-state index is 0.0430. The van der Waals surface area contributed by atoms with Crippen LogP contribution in [0, 0.1) is 19.8 Å². The maximum atomic E-state index is 13.2. The van der Waals surface area contributed by atoms with Crippen LogP contribution in [0.2, 0.25) is 0 Å². The van der Waals surface area contributed by atoms with E-state index in [0.717, 1.165) is 11.1 Å². The Hall–Kier alpha value is -2.12. The van der Waals surface area contributed by atoms with Crippen LogP contribution in [0.25, 0.3) is 0 Å². The smallest absolute Gasteiger partial charge is 0.330 e. The predicted molar refractivity (Wildman–Crippen MR) is 143 cm³/mol. The predicted octanol–water partition coefficient (Wildman–Crippen LogP) is 4.58. The second-order valence-electron chi connectivity index (χ2n) is 8.41. The normalized spacial score (nSPS) is 13.4. The van der Waals surface area contributed by atoms with Crippen molar-refractivity contribution < 1.29 is 48.3 Å². The fraction of sp³-hybridized carbons (Fsp3) is 0.480. The fourth-order valence-electron chi connectivity index (χ4n) is 3.39. The zero-order valence-corrected chi connectivity index (χ0v) is 25.1. The lowest BCUT2D eigenvalue weighted by Gasteiger charge is -2.26. The summed E-state index contributed by atoms with van der Waals surface area (Å²) in [5.41, 5.74) is 1.55. The number of esters is 1. The molecular weight excluding hydrogens is 571 g/mol. The molecule has 0 aromatic heterocycles. The minimum atomic E-state index is -4.63. The van der Waals surface area contributed by atoms with Crippen molar-refractivity contribution in [1.29, 1.82) is 0 Å². The lowest BCUT2D eigenvalue weighted by atomic mass is 10.1. The van der Waals surface area contributed by atoms with E-state index < -0.39 is 52.4 Å². The van der Waals surface area contributed by atoms with Crippen molar-refractivity contribution in [3.8, 4) is 0 Å². The number of hydrogen-bond acceptors (Lipinski definition) is 11. The van der Waals surface area contributed by atoms with Gasteiger partial charge in [0.1, 0.15) is 5.92 Å². The SMILES string of the molecule is CCOC(=O)C(CCP(=O)(OCC)OCC)C(OS(=O)(=O)c1ccc(C)cc1)OS(=O)(=O)c1ccc(C)cc1. The summed E-state index contributed by atoms with van der Waals surface area (Å²) in [6, 6.07) is 11.2. The standard InChI is InChI=1S/C25H35O11PS2/c1-6-32-24(26)23(17-18-37(27,33-7-2)34-8-3)25(35-38(28,29)21-13-9-19(4)10-14-21)36-39(30,31)22-15-11-20(5)12-16-22/h9-16,23,25H,6-8,17-18H2,1-5H3. The third kappa shape index (κ3) is 9.78. The molecule has 0 aliphatic heterocycles. The summed E-state index contributed by atoms with van der Waals surface area (Å²) in [7, 11) is -13.0. The van der Waals surface area contributed by atoms with E-state index in [4.69, 9.17) is 22.2 Å². The van der Waals surface area contributed by atoms with Gasteiger partial charge in [-0.25, -0.2) is 8.37 Å². The average Bonchev–Trinajstić information content (AvgIpc) is 2.84. The van der Waals surface area contributed by atoms with Gasteiger partial charge in [0.25, 0.3) is 20.2 Å². The molecule has 1 unspecified atom stereocenters. The maximum absolute atomic E-state index is 13.2. The zero-order chi connectivity index (χ0) is 29.3. The molecule has 2 aromatic carbocycles. The van der Waals surface area contributed by atoms with Crippen LogP contribution in [0.15, 0.2) is 58.3 Å². The summed E-state index contributed by atoms with van der Waals surface area (Å²) < 4.78 is 91.8. The van der Waals surface area contributed by atoms with Crippen LogP contribution in [0.1, 0.15) is 38.3 Å². The van der Waals surface area contributed by atoms with Gasteiger partial charge in [-0.3, -0.25) is 9.36 Å². The fourth-order valence-corrected chi connectivity index (χ4v) is 7.16. The molecule has 1 atom stereocenters. The van der Waals surface area contributed by atoms with Gasteiger partial charge in [-0.15, -0.1) is 0 Å². The molecule has 39 heavy (non-hydrogen) atoms. The summed E-state index contributed by atoms with van der Waals surface area (Å²) in [4.78, 5) is 12.4. The summed E-state index contributed by atoms with van der Waals surface area (Å²) in [6.45, 7) is 8.21. The molecule has 0 aliphatic rings. The Kier molecular flexibility index (Phi) is 12.3. The first-order chi connectivity index (χ1) is 18.3. The Morgan fingerprint density at radius 2 is 1.15 bits per heavy atom. The van der Waals surface area contributed by atoms with Gasteiger partial charge in [-0.05, 0) is 65.3 Å². The number of carbonyl (C=O) groups excluding carboxylic acids is 1. The first-order valence-electron chi connectivity index (χ1n) is 12.3. The molecule has 0 N–H and O–H groups in total. The van der Waals surface area contributed by atoms with Crippen LogP contribution in [-0.2, 0) is 51.7 Å². The Morgan fingerprint density at radius 3 is 1.51 bits per heavy atom. The highest BCUT2D eigenvalue weighted by atomic mass is 32.2. The van der Waals surface area contributed by atoms with E-state index in [2.05, 4.69) is 0 Å². The minimum Gasteiger partial charge on any atom is -0.466 e. The Labute approximate surface area is 230 Å². The van der Waals surface area contributed by atoms with Crippen molar-refractivity contribution in [2.24, 2.45) is 5.92 Å². The van der Waals surface area contributed by atoms with E-state index in [0.29, 0.717) is 0 Å². The number of benzene rings is 2. The van der Waals surface area contributed by atoms with Crippen LogP contribution in [-0.4, -0.2) is 55.1 Å². The van der Waals surface area contributed by atoms with Gasteiger partial charge in [-0.2, -0.15) is 16.8 Å². The first kappa shape index (κ1) is 33.1. The van der Waals surface area contributed by atoms with Crippen LogP contribution in [0.5, 0.6) is 0 Å². The average molecular weight is 607 g/mol. The molecular formula is C25H35O11PS2. The van der Waals surface area contributed by atoms with Crippen molar-refractivity contribution in [1.82, 2.24) is 0 Å². The number of hydrogen-bond donors (Lipinski definition) is 0. The molecule has 0 heterocycles. The van der Waals surface area contributed by atoms with Crippen LogP contribution in [0.3, 0.4) is 0 Å². The molecule has 0 radical (unpaired) electrons. The van der Waals surface area contributed by atoms with Crippen molar-refractivity contribution >= 4 is 33.8 Å². The molecule has 0 saturated heterocycles. The summed E-state index contributed by atoms with van der Waals surface area (Å²) in [6.07, 6.45) is -2.96. The largest absolute Gasteiger partial charge is 0.466 e. The highest BCUT2D eigenvalue weighted by Crippen LogP contribution is 2.49. The van der Waals surface area contributed by atoms with Gasteiger partial charge in [0.05, 0.1) is 35.8 Å². The third-order valence-corrected chi connectivity index (χ3v) is 10.0. The van der Waals surface area contributed by atoms with Crippen molar-refractivity contribution in [2.45, 2.75) is 57.1 Å². The van der Waals surface area contributed by atoms with Crippen molar-refractivity contribution in [3.63, 3.8) is 0 Å². The van der Waals surface area contributed by atoms with Gasteiger partial charge >= 0.3 is 13.6 Å². The van der Waals surface area contributed by atoms with Gasteiger partial charge in [-0.1, -0.05) is 35.4 Å². The van der Waals surface area contributed by atoms with Crippen LogP contribution >= 0.6 is 7.60 Å². The highest BCUT2D eigenvalue weighted by molar-refractivity contribution is 7.87. The monoisotopic (exact) mass is 606 g/mol. The highest BCUT2D eigenvalue weighted by Gasteiger charge is 2.41. The molecule has 2 aromatic rings. The van der Waals surface area contributed by atoms with Crippen LogP contribution in [0.4, 0.5) is 0 Å². The van der Waals surface area contributed by atoms with Gasteiger partial charge in [0, 0.05) is 0 Å². The second kappa shape index (κ2) is 14.5. The third-order valence-electron chi connectivity index (χ3n) is 5.35. The van der Waals surface area contributed by atoms with E-state index in [9.17, 15) is 26.2 Å². The second-order valence-corrected chi connectivity index (χ2v) is 13.7. The molecule has 0 amide bonds. The molecule has 0 fully saturated rings. The lowest BCUT2D eigenvalue weighted by Crippen LogP contribution is -2.38. The van der Waals surface area contributed by atoms with Gasteiger partial charge in [0.15, 0.2) is 0 Å². The lowest BCUT2D eigenvalue weighted by molar-refractivity contribution is -0.158. The van der Waals surface area contributed by atoms with E-state index in [1.165, 1.54) is 55.5 Å². The Morgan fingerprint density at radius 1 is 0.744 bits per heavy atom. The molecule has 0 spiro atoms. The van der Waals surface area contributed by atoms with E-state index in [-0.39, 0.29) is 35.8 Å². The molecule has 11 nitrogen and oxygen atoms in total. The maximum Gasteiger partial charge on any atom is 0.330 e. The Balaban J connectivity index is 2.55. The van der Waals surface area contributed by atoms with Gasteiger partial charge < -0.3 is 13.8 Å². The van der Waals surface area contributed by atoms with E-state index >= 15 is 0 Å². The molecule has 0 saturated carbocycles. The van der Waals surface area contributed by atoms with Crippen LogP contribution < -0.4 is 0 Å². The molecule has 0 bridgehead atoms. The van der Waals surface area contributed by atoms with Crippen molar-refractivity contribution in [2.75, 3.05) is 26.0 Å². The number of aryl methyl sites for hydroxylation is 2. The Bertz CT molecular complexity index is 1250. The quantitative estimate of drug-likeness (QED) is 0.114. The molecule has 2 rings (SSSR count). The van der Waals surface area contributed by atoms with E-state index in [1.807, 2.05) is 0 Å². The number of rotatable bonds is 16. The number of carbonyl (C=O) groups is 1. The zero-order valence-electron chi connectivity index (χ0n) is 22.6. The molecule has 0 aliphatic carbocycles. The number of ether oxygens (including phenoxy) is 1. The first-order valence-corrected chi connectivity index (χ1v) is 16.9. The van der Waals surface area contributed by atoms with Gasteiger partial charge in [0.2, 0.25) is 6.29 Å². The summed E-state index contributed by atoms with van der Waals surface area (Å²) >= 11 is 0. The van der Waals surface area contributed by atoms with Crippen molar-refractivity contribution in [3.05, 3.63) is 59.7 Å². The molecule has 218 valence electrons. The topological polar surface area (TPSA) is 149 Å². The van der Waals surface area contributed by atoms with E-state index in [1.54, 1.807) is 27.7 Å².